The lowest BCUT2D eigenvalue weighted by atomic mass is 10.1. The lowest BCUT2D eigenvalue weighted by molar-refractivity contribution is -0.139. The Labute approximate surface area is 195 Å². The standard InChI is InChI=1S/C24H32FN3O4S/c1-17(2)14-26-24(30)19(4)27(15-20-8-6-7-18(3)13-20)23(29)16-28(33(5,31)32)22-11-9-21(25)10-12-22/h6-13,17,19H,14-16H2,1-5H3,(H,26,30). The van der Waals surface area contributed by atoms with Crippen LogP contribution in [0.25, 0.3) is 0 Å². The van der Waals surface area contributed by atoms with Gasteiger partial charge in [-0.1, -0.05) is 43.7 Å². The normalized spacial score (nSPS) is 12.3. The highest BCUT2D eigenvalue weighted by molar-refractivity contribution is 7.92. The van der Waals surface area contributed by atoms with Gasteiger partial charge in [0.1, 0.15) is 18.4 Å². The van der Waals surface area contributed by atoms with E-state index in [0.29, 0.717) is 6.54 Å². The van der Waals surface area contributed by atoms with E-state index < -0.39 is 34.3 Å². The van der Waals surface area contributed by atoms with Crippen molar-refractivity contribution in [3.05, 3.63) is 65.5 Å². The molecule has 33 heavy (non-hydrogen) atoms. The van der Waals surface area contributed by atoms with E-state index in [0.717, 1.165) is 33.8 Å². The van der Waals surface area contributed by atoms with Crippen LogP contribution in [0.2, 0.25) is 0 Å². The van der Waals surface area contributed by atoms with Gasteiger partial charge in [0.2, 0.25) is 21.8 Å². The fraction of sp³-hybridized carbons (Fsp3) is 0.417. The van der Waals surface area contributed by atoms with Crippen molar-refractivity contribution in [2.45, 2.75) is 40.3 Å². The summed E-state index contributed by atoms with van der Waals surface area (Å²) in [6, 6.07) is 11.6. The molecule has 9 heteroatoms. The molecule has 180 valence electrons. The molecule has 1 atom stereocenters. The maximum Gasteiger partial charge on any atom is 0.244 e. The number of nitrogens with zero attached hydrogens (tertiary/aromatic N) is 2. The van der Waals surface area contributed by atoms with E-state index in [9.17, 15) is 22.4 Å². The average molecular weight is 478 g/mol. The van der Waals surface area contributed by atoms with Crippen molar-refractivity contribution in [2.24, 2.45) is 5.92 Å². The lowest BCUT2D eigenvalue weighted by Gasteiger charge is -2.31. The predicted octanol–water partition coefficient (Wildman–Crippen LogP) is 3.09. The monoisotopic (exact) mass is 477 g/mol. The van der Waals surface area contributed by atoms with E-state index in [2.05, 4.69) is 5.32 Å². The van der Waals surface area contributed by atoms with Gasteiger partial charge in [-0.25, -0.2) is 12.8 Å². The van der Waals surface area contributed by atoms with Crippen LogP contribution >= 0.6 is 0 Å². The predicted molar refractivity (Wildman–Crippen MR) is 128 cm³/mol. The van der Waals surface area contributed by atoms with Gasteiger partial charge < -0.3 is 10.2 Å². The topological polar surface area (TPSA) is 86.8 Å². The minimum absolute atomic E-state index is 0.137. The highest BCUT2D eigenvalue weighted by Gasteiger charge is 2.30. The number of anilines is 1. The first-order valence-electron chi connectivity index (χ1n) is 10.7. The number of sulfonamides is 1. The molecule has 1 unspecified atom stereocenters. The number of nitrogens with one attached hydrogen (secondary N) is 1. The molecule has 1 N–H and O–H groups in total. The van der Waals surface area contributed by atoms with Crippen molar-refractivity contribution in [2.75, 3.05) is 23.7 Å². The van der Waals surface area contributed by atoms with Crippen molar-refractivity contribution in [3.8, 4) is 0 Å². The van der Waals surface area contributed by atoms with Crippen LogP contribution in [0.1, 0.15) is 31.9 Å². The zero-order valence-electron chi connectivity index (χ0n) is 19.7. The summed E-state index contributed by atoms with van der Waals surface area (Å²) in [7, 11) is -3.84. The van der Waals surface area contributed by atoms with E-state index in [4.69, 9.17) is 0 Å². The Morgan fingerprint density at radius 3 is 2.24 bits per heavy atom. The number of carbonyl (C=O) groups is 2. The quantitative estimate of drug-likeness (QED) is 0.570. The number of hydrogen-bond donors (Lipinski definition) is 1. The summed E-state index contributed by atoms with van der Waals surface area (Å²) in [5.41, 5.74) is 1.99. The Hall–Kier alpha value is -2.94. The maximum atomic E-state index is 13.4. The number of hydrogen-bond acceptors (Lipinski definition) is 4. The van der Waals surface area contributed by atoms with E-state index in [-0.39, 0.29) is 24.1 Å². The molecule has 0 heterocycles. The highest BCUT2D eigenvalue weighted by Crippen LogP contribution is 2.19. The SMILES string of the molecule is Cc1cccc(CN(C(=O)CN(c2ccc(F)cc2)S(C)(=O)=O)C(C)C(=O)NCC(C)C)c1. The van der Waals surface area contributed by atoms with Gasteiger partial charge in [-0.2, -0.15) is 0 Å². The summed E-state index contributed by atoms with van der Waals surface area (Å²) in [6.07, 6.45) is 0.979. The summed E-state index contributed by atoms with van der Waals surface area (Å²) >= 11 is 0. The number of rotatable bonds is 10. The molecular formula is C24H32FN3O4S. The minimum atomic E-state index is -3.84. The van der Waals surface area contributed by atoms with Crippen molar-refractivity contribution in [1.82, 2.24) is 10.2 Å². The second-order valence-electron chi connectivity index (χ2n) is 8.57. The summed E-state index contributed by atoms with van der Waals surface area (Å²) in [6.45, 7) is 7.55. The van der Waals surface area contributed by atoms with Crippen LogP contribution in [0.5, 0.6) is 0 Å². The fourth-order valence-electron chi connectivity index (χ4n) is 3.26. The van der Waals surface area contributed by atoms with E-state index in [1.54, 1.807) is 6.92 Å². The Bertz CT molecular complexity index is 1070. The molecule has 0 aliphatic carbocycles. The van der Waals surface area contributed by atoms with Crippen molar-refractivity contribution in [3.63, 3.8) is 0 Å². The molecule has 2 rings (SSSR count). The highest BCUT2D eigenvalue weighted by atomic mass is 32.2. The summed E-state index contributed by atoms with van der Waals surface area (Å²) in [5, 5.41) is 2.83. The van der Waals surface area contributed by atoms with Gasteiger partial charge in [-0.05, 0) is 49.6 Å². The van der Waals surface area contributed by atoms with Crippen LogP contribution in [-0.4, -0.2) is 50.5 Å². The first kappa shape index (κ1) is 26.3. The number of aryl methyl sites for hydroxylation is 1. The van der Waals surface area contributed by atoms with Crippen molar-refractivity contribution >= 4 is 27.5 Å². The molecule has 0 fully saturated rings. The van der Waals surface area contributed by atoms with Crippen LogP contribution in [0, 0.1) is 18.7 Å². The first-order valence-corrected chi connectivity index (χ1v) is 12.6. The smallest absolute Gasteiger partial charge is 0.244 e. The van der Waals surface area contributed by atoms with Gasteiger partial charge in [-0.15, -0.1) is 0 Å². The third-order valence-corrected chi connectivity index (χ3v) is 6.22. The zero-order valence-corrected chi connectivity index (χ0v) is 20.5. The molecular weight excluding hydrogens is 445 g/mol. The molecule has 0 bridgehead atoms. The summed E-state index contributed by atoms with van der Waals surface area (Å²) < 4.78 is 39.1. The molecule has 2 amide bonds. The Balaban J connectivity index is 2.35. The van der Waals surface area contributed by atoms with Crippen molar-refractivity contribution in [1.29, 1.82) is 0 Å². The molecule has 0 radical (unpaired) electrons. The number of benzene rings is 2. The number of carbonyl (C=O) groups excluding carboxylic acids is 2. The Kier molecular flexibility index (Phi) is 8.99. The molecule has 0 saturated carbocycles. The molecule has 2 aromatic carbocycles. The first-order chi connectivity index (χ1) is 15.4. The van der Waals surface area contributed by atoms with Gasteiger partial charge in [0.15, 0.2) is 0 Å². The second-order valence-corrected chi connectivity index (χ2v) is 10.5. The van der Waals surface area contributed by atoms with Gasteiger partial charge in [-0.3, -0.25) is 13.9 Å². The zero-order chi connectivity index (χ0) is 24.8. The largest absolute Gasteiger partial charge is 0.354 e. The fourth-order valence-corrected chi connectivity index (χ4v) is 4.11. The lowest BCUT2D eigenvalue weighted by Crippen LogP contribution is -2.51. The third kappa shape index (κ3) is 7.85. The molecule has 7 nitrogen and oxygen atoms in total. The van der Waals surface area contributed by atoms with Crippen molar-refractivity contribution < 1.29 is 22.4 Å². The second kappa shape index (κ2) is 11.3. The van der Waals surface area contributed by atoms with Crippen LogP contribution in [0.15, 0.2) is 48.5 Å². The van der Waals surface area contributed by atoms with Crippen LogP contribution in [-0.2, 0) is 26.2 Å². The minimum Gasteiger partial charge on any atom is -0.354 e. The van der Waals surface area contributed by atoms with Gasteiger partial charge >= 0.3 is 0 Å². The molecule has 0 saturated heterocycles. The molecule has 0 aromatic heterocycles. The average Bonchev–Trinajstić information content (AvgIpc) is 2.73. The summed E-state index contributed by atoms with van der Waals surface area (Å²) in [5.74, 6) is -1.15. The molecule has 0 aliphatic heterocycles. The van der Waals surface area contributed by atoms with Crippen LogP contribution < -0.4 is 9.62 Å². The van der Waals surface area contributed by atoms with Gasteiger partial charge in [0, 0.05) is 13.1 Å². The molecule has 2 aromatic rings. The van der Waals surface area contributed by atoms with E-state index in [1.807, 2.05) is 45.0 Å². The van der Waals surface area contributed by atoms with Gasteiger partial charge in [0.25, 0.3) is 0 Å². The van der Waals surface area contributed by atoms with Crippen LogP contribution in [0.4, 0.5) is 10.1 Å². The Morgan fingerprint density at radius 1 is 1.06 bits per heavy atom. The van der Waals surface area contributed by atoms with E-state index >= 15 is 0 Å². The maximum absolute atomic E-state index is 13.4. The number of amides is 2. The van der Waals surface area contributed by atoms with Gasteiger partial charge in [0.05, 0.1) is 11.9 Å². The van der Waals surface area contributed by atoms with Crippen LogP contribution in [0.3, 0.4) is 0 Å². The third-order valence-electron chi connectivity index (χ3n) is 5.08. The Morgan fingerprint density at radius 2 is 1.70 bits per heavy atom. The number of halogens is 1. The van der Waals surface area contributed by atoms with E-state index in [1.165, 1.54) is 17.0 Å². The molecule has 0 spiro atoms. The summed E-state index contributed by atoms with van der Waals surface area (Å²) in [4.78, 5) is 27.5. The molecule has 0 aliphatic rings.